The van der Waals surface area contributed by atoms with Gasteiger partial charge in [0.25, 0.3) is 0 Å². The fourth-order valence-corrected chi connectivity index (χ4v) is 4.39. The Labute approximate surface area is 159 Å². The van der Waals surface area contributed by atoms with E-state index in [1.165, 1.54) is 18.5 Å². The van der Waals surface area contributed by atoms with Crippen LogP contribution in [-0.4, -0.2) is 45.0 Å². The number of benzene rings is 1. The summed E-state index contributed by atoms with van der Waals surface area (Å²) in [7, 11) is 0. The van der Waals surface area contributed by atoms with Gasteiger partial charge < -0.3 is 4.90 Å². The van der Waals surface area contributed by atoms with Crippen LogP contribution in [0.2, 0.25) is 0 Å². The predicted octanol–water partition coefficient (Wildman–Crippen LogP) is 3.39. The van der Waals surface area contributed by atoms with Gasteiger partial charge in [-0.2, -0.15) is 0 Å². The first-order valence-corrected chi connectivity index (χ1v) is 9.48. The molecule has 0 amide bonds. The topological polar surface area (TPSA) is 45.2 Å². The minimum Gasteiger partial charge on any atom is -0.350 e. The first-order chi connectivity index (χ1) is 12.7. The second-order valence-corrected chi connectivity index (χ2v) is 7.87. The van der Waals surface area contributed by atoms with Gasteiger partial charge in [0.1, 0.15) is 18.0 Å². The quantitative estimate of drug-likeness (QED) is 0.658. The van der Waals surface area contributed by atoms with Gasteiger partial charge in [-0.1, -0.05) is 0 Å². The van der Waals surface area contributed by atoms with Crippen molar-refractivity contribution in [3.05, 3.63) is 58.8 Å². The van der Waals surface area contributed by atoms with Gasteiger partial charge in [0.05, 0.1) is 11.2 Å². The van der Waals surface area contributed by atoms with Crippen molar-refractivity contribution >= 4 is 32.7 Å². The molecule has 2 atom stereocenters. The Morgan fingerprint density at radius 2 is 2.00 bits per heavy atom. The summed E-state index contributed by atoms with van der Waals surface area (Å²) in [5.41, 5.74) is 1.75. The van der Waals surface area contributed by atoms with Gasteiger partial charge in [0.15, 0.2) is 0 Å². The summed E-state index contributed by atoms with van der Waals surface area (Å²) in [6.07, 6.45) is 4.51. The zero-order chi connectivity index (χ0) is 17.7. The van der Waals surface area contributed by atoms with Gasteiger partial charge in [-0.25, -0.2) is 14.4 Å². The summed E-state index contributed by atoms with van der Waals surface area (Å²) >= 11 is 3.43. The van der Waals surface area contributed by atoms with E-state index in [2.05, 4.69) is 46.7 Å². The smallest absolute Gasteiger partial charge is 0.140 e. The van der Waals surface area contributed by atoms with E-state index in [-0.39, 0.29) is 5.82 Å². The third-order valence-corrected chi connectivity index (χ3v) is 5.83. The van der Waals surface area contributed by atoms with Gasteiger partial charge in [0, 0.05) is 53.8 Å². The van der Waals surface area contributed by atoms with E-state index in [0.717, 1.165) is 47.4 Å². The van der Waals surface area contributed by atoms with E-state index in [1.807, 2.05) is 12.3 Å². The Morgan fingerprint density at radius 1 is 1.08 bits per heavy atom. The summed E-state index contributed by atoms with van der Waals surface area (Å²) in [5, 5.41) is 0.919. The first-order valence-electron chi connectivity index (χ1n) is 8.69. The molecule has 5 nitrogen and oxygen atoms in total. The number of anilines is 1. The van der Waals surface area contributed by atoms with Gasteiger partial charge in [-0.05, 0) is 46.6 Å². The lowest BCUT2D eigenvalue weighted by molar-refractivity contribution is 0.227. The average molecular weight is 414 g/mol. The van der Waals surface area contributed by atoms with Gasteiger partial charge in [-0.3, -0.25) is 9.88 Å². The number of hydrogen-bond donors (Lipinski definition) is 0. The van der Waals surface area contributed by atoms with Crippen LogP contribution in [0.1, 0.15) is 12.1 Å². The molecule has 2 aromatic heterocycles. The van der Waals surface area contributed by atoms with Crippen molar-refractivity contribution in [2.75, 3.05) is 18.0 Å². The molecular weight excluding hydrogens is 397 g/mol. The van der Waals surface area contributed by atoms with Crippen molar-refractivity contribution in [3.8, 4) is 0 Å². The van der Waals surface area contributed by atoms with Crippen LogP contribution in [-0.2, 0) is 6.54 Å². The molecule has 132 valence electrons. The number of fused-ring (bicyclic) bond motifs is 3. The number of hydrogen-bond acceptors (Lipinski definition) is 5. The highest BCUT2D eigenvalue weighted by atomic mass is 79.9. The molecule has 2 unspecified atom stereocenters. The maximum Gasteiger partial charge on any atom is 0.140 e. The summed E-state index contributed by atoms with van der Waals surface area (Å²) in [5.74, 6) is 0.655. The molecule has 5 rings (SSSR count). The minimum absolute atomic E-state index is 0.265. The highest BCUT2D eigenvalue weighted by Crippen LogP contribution is 2.36. The van der Waals surface area contributed by atoms with Crippen LogP contribution >= 0.6 is 15.9 Å². The molecule has 2 bridgehead atoms. The third-order valence-electron chi connectivity index (χ3n) is 5.36. The van der Waals surface area contributed by atoms with Crippen LogP contribution < -0.4 is 4.90 Å². The van der Waals surface area contributed by atoms with E-state index >= 15 is 0 Å². The highest BCUT2D eigenvalue weighted by Gasteiger charge is 2.44. The van der Waals surface area contributed by atoms with Crippen molar-refractivity contribution in [2.24, 2.45) is 0 Å². The summed E-state index contributed by atoms with van der Waals surface area (Å²) in [4.78, 5) is 18.1. The van der Waals surface area contributed by atoms with Crippen molar-refractivity contribution in [2.45, 2.75) is 25.0 Å². The molecule has 0 aliphatic carbocycles. The van der Waals surface area contributed by atoms with Crippen LogP contribution in [0, 0.1) is 5.82 Å². The second-order valence-electron chi connectivity index (χ2n) is 6.95. The van der Waals surface area contributed by atoms with Gasteiger partial charge in [-0.15, -0.1) is 0 Å². The van der Waals surface area contributed by atoms with E-state index in [1.54, 1.807) is 6.07 Å². The molecule has 3 aromatic rings. The molecule has 0 spiro atoms. The molecule has 0 saturated carbocycles. The lowest BCUT2D eigenvalue weighted by Crippen LogP contribution is -2.46. The zero-order valence-electron chi connectivity index (χ0n) is 14.0. The van der Waals surface area contributed by atoms with Crippen molar-refractivity contribution in [1.82, 2.24) is 19.9 Å². The lowest BCUT2D eigenvalue weighted by Gasteiger charge is -2.35. The lowest BCUT2D eigenvalue weighted by atomic mass is 10.2. The van der Waals surface area contributed by atoms with E-state index in [0.29, 0.717) is 17.6 Å². The van der Waals surface area contributed by atoms with Gasteiger partial charge >= 0.3 is 0 Å². The standard InChI is InChI=1S/C19H17BrFN5/c20-12-1-3-14(22-7-12)8-25-9-16-6-15(25)10-26(16)19-17-4-2-13(21)5-18(17)23-11-24-19/h1-5,7,11,15-16H,6,8-10H2. The second kappa shape index (κ2) is 6.25. The largest absolute Gasteiger partial charge is 0.350 e. The fourth-order valence-electron chi connectivity index (χ4n) is 4.16. The Balaban J connectivity index is 1.37. The molecule has 2 fully saturated rings. The number of rotatable bonds is 3. The third kappa shape index (κ3) is 2.75. The van der Waals surface area contributed by atoms with Crippen LogP contribution in [0.3, 0.4) is 0 Å². The molecule has 4 heterocycles. The van der Waals surface area contributed by atoms with Crippen molar-refractivity contribution in [1.29, 1.82) is 0 Å². The Hall–Kier alpha value is -2.12. The molecule has 26 heavy (non-hydrogen) atoms. The molecule has 2 saturated heterocycles. The number of pyridine rings is 1. The van der Waals surface area contributed by atoms with E-state index < -0.39 is 0 Å². The number of piperazine rings is 1. The van der Waals surface area contributed by atoms with Gasteiger partial charge in [0.2, 0.25) is 0 Å². The Bertz CT molecular complexity index is 964. The molecule has 1 aromatic carbocycles. The first kappa shape index (κ1) is 16.1. The Morgan fingerprint density at radius 3 is 2.77 bits per heavy atom. The van der Waals surface area contributed by atoms with Crippen molar-refractivity contribution in [3.63, 3.8) is 0 Å². The normalized spacial score (nSPS) is 22.5. The number of halogens is 2. The highest BCUT2D eigenvalue weighted by molar-refractivity contribution is 9.10. The molecule has 7 heteroatoms. The van der Waals surface area contributed by atoms with E-state index in [4.69, 9.17) is 0 Å². The summed E-state index contributed by atoms with van der Waals surface area (Å²) < 4.78 is 14.5. The van der Waals surface area contributed by atoms with Crippen LogP contribution in [0.25, 0.3) is 10.9 Å². The zero-order valence-corrected chi connectivity index (χ0v) is 15.6. The minimum atomic E-state index is -0.265. The maximum absolute atomic E-state index is 13.5. The fraction of sp³-hybridized carbons (Fsp3) is 0.316. The van der Waals surface area contributed by atoms with Crippen LogP contribution in [0.4, 0.5) is 10.2 Å². The van der Waals surface area contributed by atoms with Crippen LogP contribution in [0.5, 0.6) is 0 Å². The SMILES string of the molecule is Fc1ccc2c(N3CC4CC3CN4Cc3ccc(Br)cn3)ncnc2c1. The summed E-state index contributed by atoms with van der Waals surface area (Å²) in [6, 6.07) is 9.77. The molecule has 2 aliphatic heterocycles. The van der Waals surface area contributed by atoms with Crippen molar-refractivity contribution < 1.29 is 4.39 Å². The van der Waals surface area contributed by atoms with E-state index in [9.17, 15) is 4.39 Å². The average Bonchev–Trinajstić information content (AvgIpc) is 3.23. The van der Waals surface area contributed by atoms with Crippen LogP contribution in [0.15, 0.2) is 47.3 Å². The number of aromatic nitrogens is 3. The maximum atomic E-state index is 13.5. The molecule has 0 radical (unpaired) electrons. The number of likely N-dealkylation sites (tertiary alicyclic amines) is 1. The predicted molar refractivity (Wildman–Crippen MR) is 101 cm³/mol. The molecule has 2 aliphatic rings. The monoisotopic (exact) mass is 413 g/mol. The molecule has 0 N–H and O–H groups in total. The summed E-state index contributed by atoms with van der Waals surface area (Å²) in [6.45, 7) is 2.80. The Kier molecular flexibility index (Phi) is 3.86. The molecular formula is C19H17BrFN5. The number of nitrogens with zero attached hydrogens (tertiary/aromatic N) is 5.